The van der Waals surface area contributed by atoms with Crippen molar-refractivity contribution in [3.8, 4) is 0 Å². The minimum absolute atomic E-state index is 2.47. The van der Waals surface area contributed by atoms with Crippen molar-refractivity contribution in [1.29, 1.82) is 0 Å². The molecule has 12 heavy (non-hydrogen) atoms. The van der Waals surface area contributed by atoms with Crippen LogP contribution in [0.5, 0.6) is 0 Å². The zero-order valence-corrected chi connectivity index (χ0v) is 6.14. The second-order valence-electron chi connectivity index (χ2n) is 1.93. The van der Waals surface area contributed by atoms with Crippen LogP contribution in [-0.4, -0.2) is 17.9 Å². The second kappa shape index (κ2) is 3.31. The first-order valence-corrected chi connectivity index (χ1v) is 3.04. The van der Waals surface area contributed by atoms with Crippen LogP contribution < -0.4 is 0 Å². The van der Waals surface area contributed by atoms with Crippen LogP contribution in [0, 0.1) is 5.92 Å². The van der Waals surface area contributed by atoms with Gasteiger partial charge < -0.3 is 0 Å². The van der Waals surface area contributed by atoms with E-state index in [9.17, 15) is 30.7 Å². The van der Waals surface area contributed by atoms with Crippen molar-refractivity contribution in [2.24, 2.45) is 5.92 Å². The molecule has 0 N–H and O–H groups in total. The smallest absolute Gasteiger partial charge is 0.235 e. The normalized spacial score (nSPS) is 16.8. The standard InChI is InChI=1S/C4H3F7S/c5-2(12)1(3(6,7)8)4(9,10)11/h1-2,12H. The lowest BCUT2D eigenvalue weighted by Gasteiger charge is -2.22. The number of rotatable bonds is 1. The topological polar surface area (TPSA) is 0 Å². The minimum atomic E-state index is -5.65. The molecule has 0 nitrogen and oxygen atoms in total. The molecule has 0 aliphatic rings. The van der Waals surface area contributed by atoms with E-state index in [1.165, 1.54) is 0 Å². The summed E-state index contributed by atoms with van der Waals surface area (Å²) in [4.78, 5) is 0. The highest BCUT2D eigenvalue weighted by Gasteiger charge is 2.60. The maximum Gasteiger partial charge on any atom is 0.404 e. The van der Waals surface area contributed by atoms with Gasteiger partial charge >= 0.3 is 12.4 Å². The van der Waals surface area contributed by atoms with Crippen molar-refractivity contribution < 1.29 is 30.7 Å². The van der Waals surface area contributed by atoms with Crippen LogP contribution in [0.3, 0.4) is 0 Å². The highest BCUT2D eigenvalue weighted by atomic mass is 32.1. The largest absolute Gasteiger partial charge is 0.404 e. The Hall–Kier alpha value is -0.140. The number of alkyl halides is 7. The summed E-state index contributed by atoms with van der Waals surface area (Å²) >= 11 is 2.47. The van der Waals surface area contributed by atoms with Crippen LogP contribution in [0.2, 0.25) is 0 Å². The molecule has 74 valence electrons. The fraction of sp³-hybridized carbons (Fsp3) is 1.00. The molecule has 0 heterocycles. The monoisotopic (exact) mass is 216 g/mol. The van der Waals surface area contributed by atoms with Gasteiger partial charge in [-0.2, -0.15) is 26.3 Å². The Morgan fingerprint density at radius 1 is 0.833 bits per heavy atom. The molecule has 0 saturated heterocycles. The molecule has 1 unspecified atom stereocenters. The van der Waals surface area contributed by atoms with Crippen LogP contribution in [0.1, 0.15) is 0 Å². The highest BCUT2D eigenvalue weighted by Crippen LogP contribution is 2.43. The van der Waals surface area contributed by atoms with Gasteiger partial charge in [-0.25, -0.2) is 4.39 Å². The van der Waals surface area contributed by atoms with E-state index < -0.39 is 23.8 Å². The Kier molecular flexibility index (Phi) is 3.27. The van der Waals surface area contributed by atoms with E-state index in [0.717, 1.165) is 0 Å². The highest BCUT2D eigenvalue weighted by molar-refractivity contribution is 7.80. The predicted octanol–water partition coefficient (Wildman–Crippen LogP) is 2.95. The average Bonchev–Trinajstić information content (AvgIpc) is 1.49. The molecule has 8 heteroatoms. The number of hydrogen-bond acceptors (Lipinski definition) is 1. The molecule has 0 radical (unpaired) electrons. The van der Waals surface area contributed by atoms with Gasteiger partial charge in [0.2, 0.25) is 0 Å². The molecule has 0 fully saturated rings. The number of hydrogen-bond donors (Lipinski definition) is 1. The van der Waals surface area contributed by atoms with E-state index >= 15 is 0 Å². The van der Waals surface area contributed by atoms with Gasteiger partial charge in [0, 0.05) is 0 Å². The summed E-state index contributed by atoms with van der Waals surface area (Å²) < 4.78 is 80.5. The third-order valence-corrected chi connectivity index (χ3v) is 1.28. The Morgan fingerprint density at radius 3 is 1.08 bits per heavy atom. The lowest BCUT2D eigenvalue weighted by atomic mass is 10.1. The Bertz CT molecular complexity index is 130. The molecule has 0 amide bonds. The molecule has 0 aliphatic heterocycles. The van der Waals surface area contributed by atoms with Gasteiger partial charge in [-0.05, 0) is 0 Å². The number of thiol groups is 1. The van der Waals surface area contributed by atoms with Gasteiger partial charge in [0.15, 0.2) is 11.4 Å². The van der Waals surface area contributed by atoms with Gasteiger partial charge in [-0.3, -0.25) is 0 Å². The van der Waals surface area contributed by atoms with E-state index in [2.05, 4.69) is 12.6 Å². The van der Waals surface area contributed by atoms with E-state index in [1.54, 1.807) is 0 Å². The van der Waals surface area contributed by atoms with E-state index in [4.69, 9.17) is 0 Å². The van der Waals surface area contributed by atoms with Crippen molar-refractivity contribution in [2.45, 2.75) is 17.9 Å². The van der Waals surface area contributed by atoms with Crippen LogP contribution in [0.15, 0.2) is 0 Å². The van der Waals surface area contributed by atoms with Crippen LogP contribution in [0.4, 0.5) is 30.7 Å². The van der Waals surface area contributed by atoms with Crippen molar-refractivity contribution in [1.82, 2.24) is 0 Å². The van der Waals surface area contributed by atoms with E-state index in [1.807, 2.05) is 0 Å². The van der Waals surface area contributed by atoms with E-state index in [-0.39, 0.29) is 0 Å². The first-order valence-electron chi connectivity index (χ1n) is 2.52. The molecule has 0 spiro atoms. The summed E-state index contributed by atoms with van der Waals surface area (Å²) in [6, 6.07) is 0. The molecule has 0 saturated carbocycles. The summed E-state index contributed by atoms with van der Waals surface area (Å²) in [5.74, 6) is -4.02. The lowest BCUT2D eigenvalue weighted by molar-refractivity contribution is -0.290. The van der Waals surface area contributed by atoms with Gasteiger partial charge in [-0.15, -0.1) is 12.6 Å². The fourth-order valence-corrected chi connectivity index (χ4v) is 0.836. The third-order valence-electron chi connectivity index (χ3n) is 0.980. The Balaban J connectivity index is 4.70. The van der Waals surface area contributed by atoms with Crippen molar-refractivity contribution in [2.75, 3.05) is 0 Å². The van der Waals surface area contributed by atoms with Crippen molar-refractivity contribution in [3.63, 3.8) is 0 Å². The van der Waals surface area contributed by atoms with Crippen LogP contribution in [0.25, 0.3) is 0 Å². The lowest BCUT2D eigenvalue weighted by Crippen LogP contribution is -2.41. The SMILES string of the molecule is FC(S)C(C(F)(F)F)C(F)(F)F. The minimum Gasteiger partial charge on any atom is -0.235 e. The third kappa shape index (κ3) is 3.08. The molecule has 1 atom stereocenters. The summed E-state index contributed by atoms with van der Waals surface area (Å²) in [6.07, 6.45) is -11.3. The van der Waals surface area contributed by atoms with Crippen molar-refractivity contribution >= 4 is 12.6 Å². The van der Waals surface area contributed by atoms with Gasteiger partial charge in [-0.1, -0.05) is 0 Å². The van der Waals surface area contributed by atoms with Crippen LogP contribution >= 0.6 is 12.6 Å². The average molecular weight is 216 g/mol. The van der Waals surface area contributed by atoms with Gasteiger partial charge in [0.25, 0.3) is 0 Å². The molecule has 0 rings (SSSR count). The Labute approximate surface area is 68.1 Å². The van der Waals surface area contributed by atoms with Crippen LogP contribution in [-0.2, 0) is 0 Å². The maximum absolute atomic E-state index is 11.8. The Morgan fingerprint density at radius 2 is 1.08 bits per heavy atom. The summed E-state index contributed by atoms with van der Waals surface area (Å²) in [5.41, 5.74) is -3.29. The number of halogens is 7. The zero-order valence-electron chi connectivity index (χ0n) is 5.25. The van der Waals surface area contributed by atoms with Crippen molar-refractivity contribution in [3.05, 3.63) is 0 Å². The molecule has 0 aromatic carbocycles. The zero-order chi connectivity index (χ0) is 10.2. The molecule has 0 bridgehead atoms. The molecular formula is C4H3F7S. The summed E-state index contributed by atoms with van der Waals surface area (Å²) in [5, 5.41) is 0. The predicted molar refractivity (Wildman–Crippen MR) is 29.5 cm³/mol. The summed E-state index contributed by atoms with van der Waals surface area (Å²) in [7, 11) is 0. The second-order valence-corrected chi connectivity index (χ2v) is 2.43. The fourth-order valence-electron chi connectivity index (χ4n) is 0.497. The maximum atomic E-state index is 11.8. The molecule has 0 aliphatic carbocycles. The molecule has 0 aromatic rings. The first kappa shape index (κ1) is 11.9. The van der Waals surface area contributed by atoms with Gasteiger partial charge in [0.05, 0.1) is 0 Å². The quantitative estimate of drug-likeness (QED) is 0.505. The first-order chi connectivity index (χ1) is 5.07. The molecular weight excluding hydrogens is 213 g/mol. The van der Waals surface area contributed by atoms with Gasteiger partial charge in [0.1, 0.15) is 0 Å². The molecule has 0 aromatic heterocycles. The van der Waals surface area contributed by atoms with E-state index in [0.29, 0.717) is 0 Å². The summed E-state index contributed by atoms with van der Waals surface area (Å²) in [6.45, 7) is 0.